The minimum atomic E-state index is -0.406. The molecule has 0 radical (unpaired) electrons. The Balaban J connectivity index is 2.31. The third-order valence-corrected chi connectivity index (χ3v) is 4.19. The molecule has 0 aliphatic rings. The molecule has 1 aromatic carbocycles. The van der Waals surface area contributed by atoms with Gasteiger partial charge < -0.3 is 9.55 Å². The number of aromatic amines is 1. The first-order valence-corrected chi connectivity index (χ1v) is 7.78. The molecule has 1 atom stereocenters. The summed E-state index contributed by atoms with van der Waals surface area (Å²) in [6.07, 6.45) is 3.37. The smallest absolute Gasteiger partial charge is 0.178 e. The van der Waals surface area contributed by atoms with Crippen molar-refractivity contribution in [2.24, 2.45) is 5.92 Å². The SMILES string of the molecule is CC(C)CCCC(C)n1c(=S)[nH]c2cc(Cl)c(F)cc21. The first-order valence-electron chi connectivity index (χ1n) is 6.99. The molecule has 0 saturated heterocycles. The molecule has 0 aliphatic carbocycles. The van der Waals surface area contributed by atoms with Gasteiger partial charge in [0, 0.05) is 12.1 Å². The second kappa shape index (κ2) is 6.27. The molecule has 1 heterocycles. The maximum atomic E-state index is 13.7. The third kappa shape index (κ3) is 3.23. The van der Waals surface area contributed by atoms with E-state index in [1.807, 2.05) is 4.57 Å². The van der Waals surface area contributed by atoms with Gasteiger partial charge in [-0.2, -0.15) is 0 Å². The van der Waals surface area contributed by atoms with Crippen LogP contribution in [0.3, 0.4) is 0 Å². The van der Waals surface area contributed by atoms with Gasteiger partial charge >= 0.3 is 0 Å². The van der Waals surface area contributed by atoms with Crippen molar-refractivity contribution in [3.05, 3.63) is 27.7 Å². The van der Waals surface area contributed by atoms with Gasteiger partial charge in [0.25, 0.3) is 0 Å². The van der Waals surface area contributed by atoms with E-state index in [4.69, 9.17) is 23.8 Å². The standard InChI is InChI=1S/C15H20ClFN2S/c1-9(2)5-4-6-10(3)19-14-8-12(17)11(16)7-13(14)18-15(19)20/h7-10H,4-6H2,1-3H3,(H,18,20). The highest BCUT2D eigenvalue weighted by Crippen LogP contribution is 2.27. The molecule has 0 saturated carbocycles. The van der Waals surface area contributed by atoms with E-state index in [-0.39, 0.29) is 11.1 Å². The minimum Gasteiger partial charge on any atom is -0.331 e. The van der Waals surface area contributed by atoms with Crippen molar-refractivity contribution < 1.29 is 4.39 Å². The molecule has 0 spiro atoms. The topological polar surface area (TPSA) is 20.7 Å². The van der Waals surface area contributed by atoms with Crippen LogP contribution >= 0.6 is 23.8 Å². The number of H-pyrrole nitrogens is 1. The lowest BCUT2D eigenvalue weighted by atomic mass is 10.0. The summed E-state index contributed by atoms with van der Waals surface area (Å²) in [6, 6.07) is 3.30. The Labute approximate surface area is 128 Å². The highest BCUT2D eigenvalue weighted by molar-refractivity contribution is 7.71. The number of aromatic nitrogens is 2. The van der Waals surface area contributed by atoms with Crippen molar-refractivity contribution in [3.8, 4) is 0 Å². The zero-order valence-corrected chi connectivity index (χ0v) is 13.6. The Morgan fingerprint density at radius 3 is 2.65 bits per heavy atom. The van der Waals surface area contributed by atoms with Crippen LogP contribution in [0.5, 0.6) is 0 Å². The van der Waals surface area contributed by atoms with Crippen molar-refractivity contribution in [2.75, 3.05) is 0 Å². The van der Waals surface area contributed by atoms with Gasteiger partial charge in [-0.25, -0.2) is 4.39 Å². The molecule has 2 nitrogen and oxygen atoms in total. The molecule has 0 bridgehead atoms. The average Bonchev–Trinajstić information content (AvgIpc) is 2.64. The van der Waals surface area contributed by atoms with Gasteiger partial charge in [-0.1, -0.05) is 38.3 Å². The van der Waals surface area contributed by atoms with Crippen molar-refractivity contribution in [3.63, 3.8) is 0 Å². The minimum absolute atomic E-state index is 0.119. The second-order valence-electron chi connectivity index (χ2n) is 5.76. The summed E-state index contributed by atoms with van der Waals surface area (Å²) in [7, 11) is 0. The maximum Gasteiger partial charge on any atom is 0.178 e. The van der Waals surface area contributed by atoms with E-state index in [1.54, 1.807) is 6.07 Å². The van der Waals surface area contributed by atoms with Crippen LogP contribution in [0.25, 0.3) is 11.0 Å². The Morgan fingerprint density at radius 2 is 2.00 bits per heavy atom. The lowest BCUT2D eigenvalue weighted by Gasteiger charge is -2.15. The van der Waals surface area contributed by atoms with Gasteiger partial charge in [0.1, 0.15) is 5.82 Å². The van der Waals surface area contributed by atoms with E-state index in [2.05, 4.69) is 25.8 Å². The fraction of sp³-hybridized carbons (Fsp3) is 0.533. The van der Waals surface area contributed by atoms with E-state index >= 15 is 0 Å². The zero-order chi connectivity index (χ0) is 14.9. The van der Waals surface area contributed by atoms with Crippen LogP contribution < -0.4 is 0 Å². The molecule has 1 unspecified atom stereocenters. The fourth-order valence-corrected chi connectivity index (χ4v) is 3.06. The van der Waals surface area contributed by atoms with E-state index < -0.39 is 5.82 Å². The summed E-state index contributed by atoms with van der Waals surface area (Å²) in [5.41, 5.74) is 1.58. The number of fused-ring (bicyclic) bond motifs is 1. The summed E-state index contributed by atoms with van der Waals surface area (Å²) in [5.74, 6) is 0.297. The van der Waals surface area contributed by atoms with Crippen molar-refractivity contribution in [1.82, 2.24) is 9.55 Å². The van der Waals surface area contributed by atoms with Gasteiger partial charge in [-0.3, -0.25) is 0 Å². The number of halogens is 2. The highest BCUT2D eigenvalue weighted by atomic mass is 35.5. The molecule has 2 rings (SSSR count). The summed E-state index contributed by atoms with van der Waals surface area (Å²) in [5, 5.41) is 0.119. The molecule has 0 fully saturated rings. The van der Waals surface area contributed by atoms with Crippen LogP contribution in [0.4, 0.5) is 4.39 Å². The van der Waals surface area contributed by atoms with Gasteiger partial charge in [0.15, 0.2) is 4.77 Å². The van der Waals surface area contributed by atoms with E-state index in [9.17, 15) is 4.39 Å². The summed E-state index contributed by atoms with van der Waals surface area (Å²) in [4.78, 5) is 3.10. The lowest BCUT2D eigenvalue weighted by Crippen LogP contribution is -2.06. The quantitative estimate of drug-likeness (QED) is 0.683. The van der Waals surface area contributed by atoms with Crippen molar-refractivity contribution in [1.29, 1.82) is 0 Å². The van der Waals surface area contributed by atoms with Gasteiger partial charge in [0.05, 0.1) is 16.1 Å². The summed E-state index contributed by atoms with van der Waals surface area (Å²) in [6.45, 7) is 6.56. The van der Waals surface area contributed by atoms with Crippen LogP contribution in [-0.2, 0) is 0 Å². The van der Waals surface area contributed by atoms with E-state index in [0.29, 0.717) is 10.7 Å². The summed E-state index contributed by atoms with van der Waals surface area (Å²) >= 11 is 11.2. The van der Waals surface area contributed by atoms with Crippen LogP contribution in [-0.4, -0.2) is 9.55 Å². The highest BCUT2D eigenvalue weighted by Gasteiger charge is 2.13. The number of imidazole rings is 1. The monoisotopic (exact) mass is 314 g/mol. The number of benzene rings is 1. The van der Waals surface area contributed by atoms with Gasteiger partial charge in [-0.15, -0.1) is 0 Å². The lowest BCUT2D eigenvalue weighted by molar-refractivity contribution is 0.451. The number of hydrogen-bond acceptors (Lipinski definition) is 1. The molecule has 20 heavy (non-hydrogen) atoms. The average molecular weight is 315 g/mol. The van der Waals surface area contributed by atoms with Crippen LogP contribution in [0.1, 0.15) is 46.1 Å². The number of nitrogens with zero attached hydrogens (tertiary/aromatic N) is 1. The van der Waals surface area contributed by atoms with E-state index in [0.717, 1.165) is 23.9 Å². The number of nitrogens with one attached hydrogen (secondary N) is 1. The third-order valence-electron chi connectivity index (χ3n) is 3.60. The molecule has 1 N–H and O–H groups in total. The molecule has 1 aromatic heterocycles. The Morgan fingerprint density at radius 1 is 1.30 bits per heavy atom. The fourth-order valence-electron chi connectivity index (χ4n) is 2.51. The predicted octanol–water partition coefficient (Wildman–Crippen LogP) is 5.88. The van der Waals surface area contributed by atoms with Crippen molar-refractivity contribution >= 4 is 34.9 Å². The maximum absolute atomic E-state index is 13.7. The van der Waals surface area contributed by atoms with Gasteiger partial charge in [-0.05, 0) is 37.5 Å². The Kier molecular flexibility index (Phi) is 4.86. The first kappa shape index (κ1) is 15.5. The van der Waals surface area contributed by atoms with Crippen LogP contribution in [0.2, 0.25) is 5.02 Å². The molecule has 2 aromatic rings. The second-order valence-corrected chi connectivity index (χ2v) is 6.55. The largest absolute Gasteiger partial charge is 0.331 e. The number of hydrogen-bond donors (Lipinski definition) is 1. The molecule has 110 valence electrons. The van der Waals surface area contributed by atoms with Crippen LogP contribution in [0.15, 0.2) is 12.1 Å². The zero-order valence-electron chi connectivity index (χ0n) is 12.0. The van der Waals surface area contributed by atoms with Crippen molar-refractivity contribution in [2.45, 2.75) is 46.1 Å². The van der Waals surface area contributed by atoms with E-state index in [1.165, 1.54) is 12.5 Å². The first-order chi connectivity index (χ1) is 9.40. The molecular formula is C15H20ClFN2S. The molecule has 5 heteroatoms. The molecular weight excluding hydrogens is 295 g/mol. The summed E-state index contributed by atoms with van der Waals surface area (Å²) < 4.78 is 16.3. The number of rotatable bonds is 5. The molecule has 0 amide bonds. The normalized spacial score (nSPS) is 13.3. The Bertz CT molecular complexity index is 660. The van der Waals surface area contributed by atoms with Crippen LogP contribution in [0, 0.1) is 16.5 Å². The molecule has 0 aliphatic heterocycles. The Hall–Kier alpha value is -0.870. The predicted molar refractivity (Wildman–Crippen MR) is 85.5 cm³/mol. The van der Waals surface area contributed by atoms with Gasteiger partial charge in [0.2, 0.25) is 0 Å².